The van der Waals surface area contributed by atoms with E-state index in [2.05, 4.69) is 15.3 Å². The summed E-state index contributed by atoms with van der Waals surface area (Å²) in [5.74, 6) is 0.333. The van der Waals surface area contributed by atoms with Gasteiger partial charge >= 0.3 is 6.09 Å². The minimum atomic E-state index is -0.595. The lowest BCUT2D eigenvalue weighted by Crippen LogP contribution is -2.45. The van der Waals surface area contributed by atoms with E-state index >= 15 is 0 Å². The van der Waals surface area contributed by atoms with Gasteiger partial charge in [-0.25, -0.2) is 14.8 Å². The molecular weight excluding hydrogens is 344 g/mol. The molecule has 0 bridgehead atoms. The van der Waals surface area contributed by atoms with E-state index in [1.54, 1.807) is 12.4 Å². The number of hydrogen-bond acceptors (Lipinski definition) is 5. The first-order chi connectivity index (χ1) is 12.8. The molecule has 0 radical (unpaired) electrons. The molecule has 1 atom stereocenters. The second-order valence-corrected chi connectivity index (χ2v) is 7.48. The van der Waals surface area contributed by atoms with E-state index in [1.807, 2.05) is 51.1 Å². The first kappa shape index (κ1) is 18.8. The molecule has 2 aromatic rings. The van der Waals surface area contributed by atoms with Crippen molar-refractivity contribution in [3.8, 4) is 11.4 Å². The molecule has 0 saturated carbocycles. The lowest BCUT2D eigenvalue weighted by Gasteiger charge is -2.28. The molecule has 0 aliphatic carbocycles. The van der Waals surface area contributed by atoms with Crippen molar-refractivity contribution in [2.75, 3.05) is 11.9 Å². The highest BCUT2D eigenvalue weighted by molar-refractivity contribution is 5.96. The Bertz CT molecular complexity index is 800. The monoisotopic (exact) mass is 368 g/mol. The van der Waals surface area contributed by atoms with Gasteiger partial charge in [-0.2, -0.15) is 0 Å². The van der Waals surface area contributed by atoms with Crippen molar-refractivity contribution in [3.05, 3.63) is 42.7 Å². The van der Waals surface area contributed by atoms with Crippen molar-refractivity contribution in [1.29, 1.82) is 0 Å². The SMILES string of the molecule is CC(C)(C)OC(=O)N1CCCC1C(=O)Nc1cnc(-c2ccccc2)nc1. The van der Waals surface area contributed by atoms with Crippen LogP contribution in [0.15, 0.2) is 42.7 Å². The molecule has 1 aromatic heterocycles. The summed E-state index contributed by atoms with van der Waals surface area (Å²) in [7, 11) is 0. The summed E-state index contributed by atoms with van der Waals surface area (Å²) < 4.78 is 5.40. The molecule has 142 valence electrons. The maximum Gasteiger partial charge on any atom is 0.410 e. The number of nitrogens with one attached hydrogen (secondary N) is 1. The molecular formula is C20H24N4O3. The van der Waals surface area contributed by atoms with Crippen LogP contribution in [0.5, 0.6) is 0 Å². The average Bonchev–Trinajstić information content (AvgIpc) is 3.12. The van der Waals surface area contributed by atoms with Crippen LogP contribution in [-0.2, 0) is 9.53 Å². The maximum atomic E-state index is 12.6. The molecule has 1 aromatic carbocycles. The zero-order valence-electron chi connectivity index (χ0n) is 15.8. The third kappa shape index (κ3) is 4.81. The number of anilines is 1. The largest absolute Gasteiger partial charge is 0.444 e. The molecule has 7 nitrogen and oxygen atoms in total. The van der Waals surface area contributed by atoms with Crippen LogP contribution in [0.2, 0.25) is 0 Å². The topological polar surface area (TPSA) is 84.4 Å². The van der Waals surface area contributed by atoms with Gasteiger partial charge in [0, 0.05) is 12.1 Å². The molecule has 0 spiro atoms. The number of benzene rings is 1. The van der Waals surface area contributed by atoms with E-state index in [1.165, 1.54) is 4.90 Å². The van der Waals surface area contributed by atoms with Gasteiger partial charge in [0.25, 0.3) is 0 Å². The Balaban J connectivity index is 1.65. The number of ether oxygens (including phenoxy) is 1. The smallest absolute Gasteiger partial charge is 0.410 e. The predicted octanol–water partition coefficient (Wildman–Crippen LogP) is 3.48. The quantitative estimate of drug-likeness (QED) is 0.896. The van der Waals surface area contributed by atoms with Crippen molar-refractivity contribution in [3.63, 3.8) is 0 Å². The highest BCUT2D eigenvalue weighted by Gasteiger charge is 2.36. The molecule has 2 heterocycles. The fourth-order valence-corrected chi connectivity index (χ4v) is 2.93. The summed E-state index contributed by atoms with van der Waals surface area (Å²) in [5, 5.41) is 2.80. The molecule has 1 aliphatic rings. The van der Waals surface area contributed by atoms with Crippen molar-refractivity contribution >= 4 is 17.7 Å². The van der Waals surface area contributed by atoms with E-state index in [-0.39, 0.29) is 5.91 Å². The Morgan fingerprint density at radius 1 is 1.15 bits per heavy atom. The van der Waals surface area contributed by atoms with Crippen molar-refractivity contribution in [1.82, 2.24) is 14.9 Å². The first-order valence-electron chi connectivity index (χ1n) is 9.01. The fraction of sp³-hybridized carbons (Fsp3) is 0.400. The molecule has 2 amide bonds. The van der Waals surface area contributed by atoms with Gasteiger partial charge in [0.1, 0.15) is 11.6 Å². The summed E-state index contributed by atoms with van der Waals surface area (Å²) >= 11 is 0. The number of carbonyl (C=O) groups excluding carboxylic acids is 2. The van der Waals surface area contributed by atoms with Gasteiger partial charge in [0.05, 0.1) is 18.1 Å². The van der Waals surface area contributed by atoms with Crippen molar-refractivity contribution in [2.24, 2.45) is 0 Å². The van der Waals surface area contributed by atoms with Crippen LogP contribution in [0.25, 0.3) is 11.4 Å². The number of carbonyl (C=O) groups is 2. The van der Waals surface area contributed by atoms with Crippen LogP contribution in [0.4, 0.5) is 10.5 Å². The lowest BCUT2D eigenvalue weighted by atomic mass is 10.2. The molecule has 1 unspecified atom stereocenters. The average molecular weight is 368 g/mol. The van der Waals surface area contributed by atoms with Crippen molar-refractivity contribution in [2.45, 2.75) is 45.3 Å². The Morgan fingerprint density at radius 2 is 1.81 bits per heavy atom. The number of hydrogen-bond donors (Lipinski definition) is 1. The van der Waals surface area contributed by atoms with E-state index in [9.17, 15) is 9.59 Å². The van der Waals surface area contributed by atoms with Gasteiger partial charge in [-0.05, 0) is 33.6 Å². The van der Waals surface area contributed by atoms with Gasteiger partial charge in [-0.15, -0.1) is 0 Å². The summed E-state index contributed by atoms with van der Waals surface area (Å²) in [6.07, 6.45) is 4.05. The Kier molecular flexibility index (Phi) is 5.39. The van der Waals surface area contributed by atoms with Crippen LogP contribution in [-0.4, -0.2) is 45.1 Å². The summed E-state index contributed by atoms with van der Waals surface area (Å²) in [4.78, 5) is 35.0. The van der Waals surface area contributed by atoms with Gasteiger partial charge in [-0.1, -0.05) is 30.3 Å². The number of nitrogens with zero attached hydrogens (tertiary/aromatic N) is 3. The number of amides is 2. The van der Waals surface area contributed by atoms with Crippen LogP contribution in [0.3, 0.4) is 0 Å². The summed E-state index contributed by atoms with van der Waals surface area (Å²) in [5.41, 5.74) is 0.805. The zero-order chi connectivity index (χ0) is 19.4. The highest BCUT2D eigenvalue weighted by atomic mass is 16.6. The summed E-state index contributed by atoms with van der Waals surface area (Å²) in [6.45, 7) is 5.93. The van der Waals surface area contributed by atoms with E-state index < -0.39 is 17.7 Å². The Hall–Kier alpha value is -2.96. The number of rotatable bonds is 3. The lowest BCUT2D eigenvalue weighted by molar-refractivity contribution is -0.120. The van der Waals surface area contributed by atoms with E-state index in [0.717, 1.165) is 12.0 Å². The third-order valence-corrected chi connectivity index (χ3v) is 4.13. The van der Waals surface area contributed by atoms with Crippen LogP contribution >= 0.6 is 0 Å². The van der Waals surface area contributed by atoms with Gasteiger partial charge in [0.2, 0.25) is 5.91 Å². The Morgan fingerprint density at radius 3 is 2.44 bits per heavy atom. The van der Waals surface area contributed by atoms with Crippen LogP contribution in [0, 0.1) is 0 Å². The van der Waals surface area contributed by atoms with Gasteiger partial charge in [0.15, 0.2) is 5.82 Å². The Labute approximate surface area is 158 Å². The van der Waals surface area contributed by atoms with Crippen LogP contribution < -0.4 is 5.32 Å². The highest BCUT2D eigenvalue weighted by Crippen LogP contribution is 2.22. The molecule has 7 heteroatoms. The van der Waals surface area contributed by atoms with E-state index in [0.29, 0.717) is 24.5 Å². The normalized spacial score (nSPS) is 16.9. The predicted molar refractivity (Wildman–Crippen MR) is 102 cm³/mol. The standard InChI is InChI=1S/C20H24N4O3/c1-20(2,3)27-19(26)24-11-7-10-16(24)18(25)23-15-12-21-17(22-13-15)14-8-5-4-6-9-14/h4-6,8-9,12-13,16H,7,10-11H2,1-3H3,(H,23,25). The van der Waals surface area contributed by atoms with Crippen LogP contribution in [0.1, 0.15) is 33.6 Å². The minimum absolute atomic E-state index is 0.255. The van der Waals surface area contributed by atoms with Gasteiger partial charge in [-0.3, -0.25) is 9.69 Å². The van der Waals surface area contributed by atoms with E-state index in [4.69, 9.17) is 4.74 Å². The van der Waals surface area contributed by atoms with Crippen molar-refractivity contribution < 1.29 is 14.3 Å². The molecule has 1 saturated heterocycles. The second kappa shape index (κ2) is 7.73. The molecule has 1 N–H and O–H groups in total. The molecule has 1 fully saturated rings. The summed E-state index contributed by atoms with van der Waals surface area (Å²) in [6, 6.07) is 9.05. The maximum absolute atomic E-state index is 12.6. The third-order valence-electron chi connectivity index (χ3n) is 4.13. The minimum Gasteiger partial charge on any atom is -0.444 e. The molecule has 1 aliphatic heterocycles. The molecule has 3 rings (SSSR count). The zero-order valence-corrected chi connectivity index (χ0v) is 15.8. The second-order valence-electron chi connectivity index (χ2n) is 7.48. The fourth-order valence-electron chi connectivity index (χ4n) is 2.93. The first-order valence-corrected chi connectivity index (χ1v) is 9.01. The molecule has 27 heavy (non-hydrogen) atoms. The number of aromatic nitrogens is 2. The number of likely N-dealkylation sites (tertiary alicyclic amines) is 1. The van der Waals surface area contributed by atoms with Gasteiger partial charge < -0.3 is 10.1 Å².